The van der Waals surface area contributed by atoms with Crippen molar-refractivity contribution in [2.75, 3.05) is 12.3 Å². The molecule has 6 heteroatoms. The van der Waals surface area contributed by atoms with Crippen LogP contribution in [-0.2, 0) is 0 Å². The number of aliphatic hydroxyl groups is 2. The van der Waals surface area contributed by atoms with Crippen LogP contribution in [-0.4, -0.2) is 32.9 Å². The third kappa shape index (κ3) is 2.48. The fourth-order valence-electron chi connectivity index (χ4n) is 2.42. The first-order chi connectivity index (χ1) is 8.11. The van der Waals surface area contributed by atoms with E-state index in [9.17, 15) is 9.90 Å². The zero-order valence-electron chi connectivity index (χ0n) is 9.47. The van der Waals surface area contributed by atoms with E-state index in [1.807, 2.05) is 0 Å². The van der Waals surface area contributed by atoms with Crippen LogP contribution < -0.4 is 11.3 Å². The first kappa shape index (κ1) is 12.1. The van der Waals surface area contributed by atoms with E-state index < -0.39 is 6.10 Å². The van der Waals surface area contributed by atoms with Crippen molar-refractivity contribution in [2.45, 2.75) is 31.3 Å². The van der Waals surface area contributed by atoms with Crippen molar-refractivity contribution in [3.63, 3.8) is 0 Å². The van der Waals surface area contributed by atoms with Gasteiger partial charge in [0.05, 0.1) is 6.10 Å². The highest BCUT2D eigenvalue weighted by Gasteiger charge is 2.31. The third-order valence-corrected chi connectivity index (χ3v) is 3.43. The van der Waals surface area contributed by atoms with Gasteiger partial charge in [-0.3, -0.25) is 9.78 Å². The number of aromatic nitrogens is 2. The van der Waals surface area contributed by atoms with Crippen LogP contribution in [0, 0.1) is 5.92 Å². The van der Waals surface area contributed by atoms with Gasteiger partial charge in [0.25, 0.3) is 5.56 Å². The number of hydrogen-bond donors (Lipinski definition) is 4. The van der Waals surface area contributed by atoms with Crippen LogP contribution in [0.4, 0.5) is 5.95 Å². The lowest BCUT2D eigenvalue weighted by Crippen LogP contribution is -2.33. The predicted octanol–water partition coefficient (Wildman–Crippen LogP) is -0.411. The SMILES string of the molecule is Nc1ncc([C@H]2C[C@H](CO)CC[C@@H]2O)c(=O)[nH]1. The second kappa shape index (κ2) is 4.85. The smallest absolute Gasteiger partial charge is 0.255 e. The molecule has 1 aromatic rings. The summed E-state index contributed by atoms with van der Waals surface area (Å²) in [7, 11) is 0. The number of rotatable bonds is 2. The van der Waals surface area contributed by atoms with Gasteiger partial charge in [-0.05, 0) is 25.2 Å². The Morgan fingerprint density at radius 2 is 2.29 bits per heavy atom. The van der Waals surface area contributed by atoms with Crippen LogP contribution in [0.1, 0.15) is 30.7 Å². The van der Waals surface area contributed by atoms with Crippen molar-refractivity contribution in [2.24, 2.45) is 5.92 Å². The highest BCUT2D eigenvalue weighted by molar-refractivity contribution is 5.21. The Kier molecular flexibility index (Phi) is 3.44. The summed E-state index contributed by atoms with van der Waals surface area (Å²) in [6, 6.07) is 0. The highest BCUT2D eigenvalue weighted by Crippen LogP contribution is 2.34. The van der Waals surface area contributed by atoms with E-state index in [0.29, 0.717) is 18.4 Å². The predicted molar refractivity (Wildman–Crippen MR) is 62.4 cm³/mol. The van der Waals surface area contributed by atoms with Crippen LogP contribution in [0.5, 0.6) is 0 Å². The molecule has 1 aliphatic carbocycles. The van der Waals surface area contributed by atoms with E-state index in [4.69, 9.17) is 10.8 Å². The van der Waals surface area contributed by atoms with E-state index in [2.05, 4.69) is 9.97 Å². The number of nitrogens with zero attached hydrogens (tertiary/aromatic N) is 1. The molecule has 5 N–H and O–H groups in total. The number of hydrogen-bond acceptors (Lipinski definition) is 5. The largest absolute Gasteiger partial charge is 0.396 e. The molecule has 0 aromatic carbocycles. The molecule has 0 saturated heterocycles. The standard InChI is InChI=1S/C11H17N3O3/c12-11-13-4-8(10(17)14-11)7-3-6(5-15)1-2-9(7)16/h4,6-7,9,15-16H,1-3,5H2,(H3,12,13,14,17)/t6-,7-,9+/m1/s1. The van der Waals surface area contributed by atoms with Crippen LogP contribution in [0.3, 0.4) is 0 Å². The Bertz CT molecular complexity index is 446. The molecule has 0 spiro atoms. The molecule has 1 aliphatic rings. The number of nitrogens with one attached hydrogen (secondary N) is 1. The van der Waals surface area contributed by atoms with Crippen molar-refractivity contribution in [3.8, 4) is 0 Å². The molecule has 17 heavy (non-hydrogen) atoms. The molecule has 0 aliphatic heterocycles. The summed E-state index contributed by atoms with van der Waals surface area (Å²) in [6.45, 7) is 0.0868. The van der Waals surface area contributed by atoms with Crippen molar-refractivity contribution in [1.29, 1.82) is 0 Å². The normalized spacial score (nSPS) is 29.2. The molecule has 1 saturated carbocycles. The first-order valence-corrected chi connectivity index (χ1v) is 5.75. The lowest BCUT2D eigenvalue weighted by molar-refractivity contribution is 0.0651. The molecular formula is C11H17N3O3. The van der Waals surface area contributed by atoms with E-state index in [1.165, 1.54) is 6.20 Å². The van der Waals surface area contributed by atoms with Crippen molar-refractivity contribution >= 4 is 5.95 Å². The zero-order chi connectivity index (χ0) is 12.4. The Labute approximate surface area is 98.5 Å². The maximum atomic E-state index is 11.7. The van der Waals surface area contributed by atoms with Crippen molar-refractivity contribution in [1.82, 2.24) is 9.97 Å². The zero-order valence-corrected chi connectivity index (χ0v) is 9.47. The Morgan fingerprint density at radius 1 is 1.53 bits per heavy atom. The lowest BCUT2D eigenvalue weighted by Gasteiger charge is -2.32. The van der Waals surface area contributed by atoms with E-state index in [-0.39, 0.29) is 30.0 Å². The van der Waals surface area contributed by atoms with Crippen molar-refractivity contribution < 1.29 is 10.2 Å². The van der Waals surface area contributed by atoms with Crippen molar-refractivity contribution in [3.05, 3.63) is 22.1 Å². The maximum absolute atomic E-state index is 11.7. The van der Waals surface area contributed by atoms with E-state index in [1.54, 1.807) is 0 Å². The number of aliphatic hydroxyl groups excluding tert-OH is 2. The Hall–Kier alpha value is -1.40. The first-order valence-electron chi connectivity index (χ1n) is 5.75. The Balaban J connectivity index is 2.27. The van der Waals surface area contributed by atoms with Gasteiger partial charge in [0.1, 0.15) is 0 Å². The van der Waals surface area contributed by atoms with Gasteiger partial charge in [-0.15, -0.1) is 0 Å². The monoisotopic (exact) mass is 239 g/mol. The van der Waals surface area contributed by atoms with Gasteiger partial charge in [-0.2, -0.15) is 0 Å². The highest BCUT2D eigenvalue weighted by atomic mass is 16.3. The Morgan fingerprint density at radius 3 is 2.94 bits per heavy atom. The quantitative estimate of drug-likeness (QED) is 0.560. The third-order valence-electron chi connectivity index (χ3n) is 3.43. The summed E-state index contributed by atoms with van der Waals surface area (Å²) in [4.78, 5) is 18.0. The van der Waals surface area contributed by atoms with Gasteiger partial charge in [0.2, 0.25) is 0 Å². The summed E-state index contributed by atoms with van der Waals surface area (Å²) in [6.07, 6.45) is 2.85. The molecule has 0 radical (unpaired) electrons. The molecule has 1 fully saturated rings. The van der Waals surface area contributed by atoms with E-state index in [0.717, 1.165) is 6.42 Å². The molecule has 1 heterocycles. The van der Waals surface area contributed by atoms with E-state index >= 15 is 0 Å². The number of anilines is 1. The molecule has 0 amide bonds. The second-order valence-corrected chi connectivity index (χ2v) is 4.59. The molecule has 94 valence electrons. The number of nitrogen functional groups attached to an aromatic ring is 1. The molecule has 1 aromatic heterocycles. The van der Waals surface area contributed by atoms with Gasteiger partial charge in [-0.25, -0.2) is 4.98 Å². The summed E-state index contributed by atoms with van der Waals surface area (Å²) in [5.74, 6) is -0.0548. The average molecular weight is 239 g/mol. The van der Waals surface area contributed by atoms with Crippen LogP contribution >= 0.6 is 0 Å². The summed E-state index contributed by atoms with van der Waals surface area (Å²) >= 11 is 0. The minimum atomic E-state index is -0.552. The molecule has 2 rings (SSSR count). The van der Waals surface area contributed by atoms with Crippen LogP contribution in [0.25, 0.3) is 0 Å². The topological polar surface area (TPSA) is 112 Å². The van der Waals surface area contributed by atoms with Gasteiger partial charge in [0.15, 0.2) is 5.95 Å². The minimum Gasteiger partial charge on any atom is -0.396 e. The van der Waals surface area contributed by atoms with Crippen LogP contribution in [0.15, 0.2) is 11.0 Å². The fourth-order valence-corrected chi connectivity index (χ4v) is 2.42. The average Bonchev–Trinajstić information content (AvgIpc) is 2.30. The fraction of sp³-hybridized carbons (Fsp3) is 0.636. The molecule has 0 bridgehead atoms. The molecule has 0 unspecified atom stereocenters. The second-order valence-electron chi connectivity index (χ2n) is 4.59. The summed E-state index contributed by atoms with van der Waals surface area (Å²) in [5, 5.41) is 19.1. The lowest BCUT2D eigenvalue weighted by atomic mass is 9.77. The number of H-pyrrole nitrogens is 1. The van der Waals surface area contributed by atoms with Crippen LogP contribution in [0.2, 0.25) is 0 Å². The summed E-state index contributed by atoms with van der Waals surface area (Å²) in [5.41, 5.74) is 5.52. The van der Waals surface area contributed by atoms with Gasteiger partial charge >= 0.3 is 0 Å². The minimum absolute atomic E-state index is 0.0720. The van der Waals surface area contributed by atoms with Gasteiger partial charge in [0, 0.05) is 24.3 Å². The molecule has 3 atom stereocenters. The van der Waals surface area contributed by atoms with Gasteiger partial charge in [-0.1, -0.05) is 0 Å². The summed E-state index contributed by atoms with van der Waals surface area (Å²) < 4.78 is 0. The number of nitrogens with two attached hydrogens (primary N) is 1. The number of aromatic amines is 1. The maximum Gasteiger partial charge on any atom is 0.255 e. The van der Waals surface area contributed by atoms with Gasteiger partial charge < -0.3 is 15.9 Å². The molecule has 6 nitrogen and oxygen atoms in total. The molecular weight excluding hydrogens is 222 g/mol.